The third-order valence-corrected chi connectivity index (χ3v) is 3.83. The summed E-state index contributed by atoms with van der Waals surface area (Å²) in [6.45, 7) is 0.662. The van der Waals surface area contributed by atoms with Gasteiger partial charge in [-0.3, -0.25) is 4.68 Å². The van der Waals surface area contributed by atoms with E-state index in [0.717, 1.165) is 22.3 Å². The van der Waals surface area contributed by atoms with Gasteiger partial charge in [0, 0.05) is 17.3 Å². The summed E-state index contributed by atoms with van der Waals surface area (Å²) in [5.41, 5.74) is 4.34. The van der Waals surface area contributed by atoms with Gasteiger partial charge in [0.05, 0.1) is 23.3 Å². The zero-order valence-corrected chi connectivity index (χ0v) is 13.0. The molecule has 23 heavy (non-hydrogen) atoms. The highest BCUT2D eigenvalue weighted by Gasteiger charge is 2.06. The molecule has 0 saturated heterocycles. The van der Waals surface area contributed by atoms with E-state index >= 15 is 0 Å². The van der Waals surface area contributed by atoms with Crippen molar-refractivity contribution in [2.45, 2.75) is 6.54 Å². The summed E-state index contributed by atoms with van der Waals surface area (Å²) in [5, 5.41) is 13.7. The van der Waals surface area contributed by atoms with Crippen molar-refractivity contribution < 1.29 is 0 Å². The van der Waals surface area contributed by atoms with Gasteiger partial charge in [0.25, 0.3) is 0 Å². The molecule has 0 fully saturated rings. The average molecular weight is 318 g/mol. The lowest BCUT2D eigenvalue weighted by Crippen LogP contribution is -1.99. The molecule has 0 amide bonds. The number of nitriles is 1. The summed E-state index contributed by atoms with van der Waals surface area (Å²) in [4.78, 5) is 0. The summed E-state index contributed by atoms with van der Waals surface area (Å²) >= 11 is 6.08. The Morgan fingerprint density at radius 3 is 2.57 bits per heavy atom. The van der Waals surface area contributed by atoms with E-state index in [1.807, 2.05) is 41.2 Å². The third-order valence-electron chi connectivity index (χ3n) is 3.52. The van der Waals surface area contributed by atoms with Gasteiger partial charge in [0.15, 0.2) is 0 Å². The largest absolute Gasteiger partial charge is 0.268 e. The molecular weight excluding hydrogens is 306 g/mol. The zero-order valence-electron chi connectivity index (χ0n) is 12.2. The Kier molecular flexibility index (Phi) is 4.15. The first kappa shape index (κ1) is 14.9. The Morgan fingerprint density at radius 2 is 1.91 bits per heavy atom. The van der Waals surface area contributed by atoms with Crippen molar-refractivity contribution in [2.75, 3.05) is 0 Å². The van der Waals surface area contributed by atoms with Gasteiger partial charge in [-0.25, -0.2) is 0 Å². The molecule has 0 saturated carbocycles. The topological polar surface area (TPSA) is 41.6 Å². The zero-order chi connectivity index (χ0) is 16.2. The van der Waals surface area contributed by atoms with Crippen LogP contribution in [0.5, 0.6) is 0 Å². The maximum Gasteiger partial charge on any atom is 0.101 e. The predicted molar refractivity (Wildman–Crippen MR) is 90.9 cm³/mol. The van der Waals surface area contributed by atoms with Crippen molar-refractivity contribution in [3.05, 3.63) is 76.6 Å². The van der Waals surface area contributed by atoms with Crippen LogP contribution in [0.1, 0.15) is 16.7 Å². The Hall–Kier alpha value is -3.01. The van der Waals surface area contributed by atoms with E-state index in [2.05, 4.69) is 17.1 Å². The first-order valence-electron chi connectivity index (χ1n) is 6.97. The maximum absolute atomic E-state index is 8.92. The number of terminal acetylenes is 1. The van der Waals surface area contributed by atoms with Crippen molar-refractivity contribution in [3.63, 3.8) is 0 Å². The molecule has 0 bridgehead atoms. The van der Waals surface area contributed by atoms with Gasteiger partial charge in [-0.15, -0.1) is 6.42 Å². The first-order valence-corrected chi connectivity index (χ1v) is 7.35. The molecule has 0 unspecified atom stereocenters. The van der Waals surface area contributed by atoms with E-state index in [4.69, 9.17) is 23.3 Å². The number of hydrogen-bond acceptors (Lipinski definition) is 2. The molecule has 0 aliphatic carbocycles. The fraction of sp³-hybridized carbons (Fsp3) is 0.0526. The predicted octanol–water partition coefficient (Wildman–Crippen LogP) is 4.10. The summed E-state index contributed by atoms with van der Waals surface area (Å²) in [6, 6.07) is 15.2. The van der Waals surface area contributed by atoms with Gasteiger partial charge in [0.2, 0.25) is 0 Å². The van der Waals surface area contributed by atoms with Crippen molar-refractivity contribution in [3.8, 4) is 29.5 Å². The molecule has 0 N–H and O–H groups in total. The van der Waals surface area contributed by atoms with Crippen molar-refractivity contribution >= 4 is 11.6 Å². The van der Waals surface area contributed by atoms with Crippen LogP contribution in [-0.4, -0.2) is 9.78 Å². The summed E-state index contributed by atoms with van der Waals surface area (Å²) in [5.74, 6) is 2.60. The molecule has 2 aromatic carbocycles. The molecule has 3 rings (SSSR count). The minimum Gasteiger partial charge on any atom is -0.268 e. The minimum absolute atomic E-state index is 0.447. The summed E-state index contributed by atoms with van der Waals surface area (Å²) in [6.07, 6.45) is 9.09. The fourth-order valence-electron chi connectivity index (χ4n) is 2.28. The lowest BCUT2D eigenvalue weighted by molar-refractivity contribution is 0.687. The molecular formula is C19H12ClN3. The Balaban J connectivity index is 1.81. The summed E-state index contributed by atoms with van der Waals surface area (Å²) in [7, 11) is 0. The van der Waals surface area contributed by atoms with Crippen LogP contribution in [0.25, 0.3) is 11.1 Å². The van der Waals surface area contributed by atoms with Gasteiger partial charge in [-0.05, 0) is 35.4 Å². The number of benzene rings is 2. The van der Waals surface area contributed by atoms with Crippen LogP contribution in [0.3, 0.4) is 0 Å². The van der Waals surface area contributed by atoms with Gasteiger partial charge >= 0.3 is 0 Å². The Bertz CT molecular complexity index is 924. The van der Waals surface area contributed by atoms with E-state index in [9.17, 15) is 0 Å². The molecule has 0 radical (unpaired) electrons. The highest BCUT2D eigenvalue weighted by Crippen LogP contribution is 2.25. The second kappa shape index (κ2) is 6.40. The molecule has 1 aromatic heterocycles. The second-order valence-corrected chi connectivity index (χ2v) is 5.48. The standard InChI is InChI=1S/C19H12ClN3/c1-2-14-3-5-15(6-4-14)12-23-13-18(11-22-23)16-7-8-17(10-21)19(20)9-16/h1,3-9,11,13H,12H2. The van der Waals surface area contributed by atoms with Crippen molar-refractivity contribution in [2.24, 2.45) is 0 Å². The number of hydrogen-bond donors (Lipinski definition) is 0. The fourth-order valence-corrected chi connectivity index (χ4v) is 2.50. The van der Waals surface area contributed by atoms with Crippen molar-refractivity contribution in [1.82, 2.24) is 9.78 Å². The highest BCUT2D eigenvalue weighted by molar-refractivity contribution is 6.32. The quantitative estimate of drug-likeness (QED) is 0.682. The number of nitrogens with zero attached hydrogens (tertiary/aromatic N) is 3. The Morgan fingerprint density at radius 1 is 1.13 bits per heavy atom. The van der Waals surface area contributed by atoms with Gasteiger partial charge in [-0.1, -0.05) is 35.7 Å². The van der Waals surface area contributed by atoms with Crippen LogP contribution in [0.15, 0.2) is 54.9 Å². The molecule has 0 aliphatic heterocycles. The van der Waals surface area contributed by atoms with Crippen LogP contribution >= 0.6 is 11.6 Å². The number of halogens is 1. The van der Waals surface area contributed by atoms with Crippen LogP contribution in [0, 0.1) is 23.7 Å². The molecule has 1 heterocycles. The van der Waals surface area contributed by atoms with Gasteiger partial charge in [-0.2, -0.15) is 10.4 Å². The van der Waals surface area contributed by atoms with Gasteiger partial charge < -0.3 is 0 Å². The lowest BCUT2D eigenvalue weighted by atomic mass is 10.1. The SMILES string of the molecule is C#Cc1ccc(Cn2cc(-c3ccc(C#N)c(Cl)c3)cn2)cc1. The highest BCUT2D eigenvalue weighted by atomic mass is 35.5. The smallest absolute Gasteiger partial charge is 0.101 e. The van der Waals surface area contributed by atoms with Crippen LogP contribution in [0.2, 0.25) is 5.02 Å². The van der Waals surface area contributed by atoms with Crippen LogP contribution < -0.4 is 0 Å². The van der Waals surface area contributed by atoms with Gasteiger partial charge in [0.1, 0.15) is 6.07 Å². The third kappa shape index (κ3) is 3.26. The average Bonchev–Trinajstić information content (AvgIpc) is 3.04. The maximum atomic E-state index is 8.92. The molecule has 4 heteroatoms. The van der Waals surface area contributed by atoms with Crippen LogP contribution in [0.4, 0.5) is 0 Å². The van der Waals surface area contributed by atoms with Crippen molar-refractivity contribution in [1.29, 1.82) is 5.26 Å². The lowest BCUT2D eigenvalue weighted by Gasteiger charge is -2.02. The van der Waals surface area contributed by atoms with E-state index < -0.39 is 0 Å². The van der Waals surface area contributed by atoms with E-state index in [-0.39, 0.29) is 0 Å². The molecule has 110 valence electrons. The van der Waals surface area contributed by atoms with Crippen LogP contribution in [-0.2, 0) is 6.54 Å². The number of aromatic nitrogens is 2. The molecule has 3 nitrogen and oxygen atoms in total. The van der Waals surface area contributed by atoms with E-state index in [1.54, 1.807) is 18.3 Å². The molecule has 0 aliphatic rings. The number of rotatable bonds is 3. The van der Waals surface area contributed by atoms with E-state index in [1.165, 1.54) is 0 Å². The normalized spacial score (nSPS) is 10.0. The molecule has 0 spiro atoms. The Labute approximate surface area is 139 Å². The van der Waals surface area contributed by atoms with E-state index in [0.29, 0.717) is 17.1 Å². The summed E-state index contributed by atoms with van der Waals surface area (Å²) < 4.78 is 1.85. The minimum atomic E-state index is 0.447. The second-order valence-electron chi connectivity index (χ2n) is 5.07. The first-order chi connectivity index (χ1) is 11.2. The monoisotopic (exact) mass is 317 g/mol. The molecule has 3 aromatic rings. The molecule has 0 atom stereocenters.